The molecule has 1 fully saturated rings. The highest BCUT2D eigenvalue weighted by Gasteiger charge is 2.40. The SMILES string of the molecule is CC12C=CC=CC1Sc1ccc(C(F)(F)F)cc1C(CCC1CCC(CCN)CC1)C2. The topological polar surface area (TPSA) is 26.0 Å². The summed E-state index contributed by atoms with van der Waals surface area (Å²) in [6.45, 7) is 3.04. The Kier molecular flexibility index (Phi) is 6.93. The van der Waals surface area contributed by atoms with Gasteiger partial charge in [-0.15, -0.1) is 11.8 Å². The van der Waals surface area contributed by atoms with Crippen LogP contribution in [0.3, 0.4) is 0 Å². The standard InChI is InChI=1S/C26H34F3NS/c1-25-14-3-2-4-24(25)31-23-12-11-21(26(27,28)29)16-22(23)20(17-25)10-9-18-5-7-19(8-6-18)13-15-30/h2-4,11-12,14,16,18-20,24H,5-10,13,15,17,30H2,1H3. The molecule has 1 nitrogen and oxygen atoms in total. The van der Waals surface area contributed by atoms with Gasteiger partial charge in [0, 0.05) is 15.6 Å². The third-order valence-corrected chi connectivity index (χ3v) is 9.28. The lowest BCUT2D eigenvalue weighted by Crippen LogP contribution is -2.28. The average Bonchev–Trinajstić information content (AvgIpc) is 2.86. The van der Waals surface area contributed by atoms with Crippen molar-refractivity contribution in [3.8, 4) is 0 Å². The van der Waals surface area contributed by atoms with E-state index in [4.69, 9.17) is 5.73 Å². The lowest BCUT2D eigenvalue weighted by atomic mass is 9.71. The van der Waals surface area contributed by atoms with Gasteiger partial charge in [0.1, 0.15) is 0 Å². The summed E-state index contributed by atoms with van der Waals surface area (Å²) in [6, 6.07) is 4.41. The van der Waals surface area contributed by atoms with Crippen molar-refractivity contribution in [2.45, 2.75) is 80.5 Å². The highest BCUT2D eigenvalue weighted by molar-refractivity contribution is 8.00. The van der Waals surface area contributed by atoms with Gasteiger partial charge in [-0.1, -0.05) is 56.9 Å². The quantitative estimate of drug-likeness (QED) is 0.498. The number of benzene rings is 1. The molecule has 31 heavy (non-hydrogen) atoms. The first-order chi connectivity index (χ1) is 14.8. The molecule has 3 atom stereocenters. The van der Waals surface area contributed by atoms with Crippen molar-refractivity contribution in [3.63, 3.8) is 0 Å². The molecule has 1 heterocycles. The van der Waals surface area contributed by atoms with Gasteiger partial charge in [0.25, 0.3) is 0 Å². The van der Waals surface area contributed by atoms with Gasteiger partial charge in [0.2, 0.25) is 0 Å². The summed E-state index contributed by atoms with van der Waals surface area (Å²) in [6.07, 6.45) is 13.5. The molecule has 1 aromatic rings. The number of nitrogens with two attached hydrogens (primary N) is 1. The van der Waals surface area contributed by atoms with Crippen LogP contribution in [-0.4, -0.2) is 11.8 Å². The summed E-state index contributed by atoms with van der Waals surface area (Å²) in [5, 5.41) is 0.268. The average molecular weight is 450 g/mol. The molecule has 0 spiro atoms. The Morgan fingerprint density at radius 1 is 1.03 bits per heavy atom. The highest BCUT2D eigenvalue weighted by atomic mass is 32.2. The molecule has 0 amide bonds. The van der Waals surface area contributed by atoms with E-state index in [0.717, 1.165) is 48.6 Å². The molecule has 0 saturated heterocycles. The van der Waals surface area contributed by atoms with E-state index in [1.54, 1.807) is 17.8 Å². The first-order valence-electron chi connectivity index (χ1n) is 11.7. The Balaban J connectivity index is 1.55. The van der Waals surface area contributed by atoms with Crippen LogP contribution in [0, 0.1) is 17.3 Å². The number of hydrogen-bond acceptors (Lipinski definition) is 2. The van der Waals surface area contributed by atoms with Crippen LogP contribution in [0.4, 0.5) is 13.2 Å². The second-order valence-electron chi connectivity index (χ2n) is 9.98. The fourth-order valence-corrected chi connectivity index (χ4v) is 7.18. The third-order valence-electron chi connectivity index (χ3n) is 7.71. The van der Waals surface area contributed by atoms with Gasteiger partial charge in [-0.2, -0.15) is 13.2 Å². The van der Waals surface area contributed by atoms with Crippen molar-refractivity contribution in [2.75, 3.05) is 6.54 Å². The molecule has 4 rings (SSSR count). The summed E-state index contributed by atoms with van der Waals surface area (Å²) in [7, 11) is 0. The second kappa shape index (κ2) is 9.35. The molecular weight excluding hydrogens is 415 g/mol. The largest absolute Gasteiger partial charge is 0.416 e. The number of halogens is 3. The maximum absolute atomic E-state index is 13.5. The Hall–Kier alpha value is -1.20. The van der Waals surface area contributed by atoms with Crippen LogP contribution in [0.1, 0.15) is 75.3 Å². The van der Waals surface area contributed by atoms with Crippen LogP contribution in [-0.2, 0) is 6.18 Å². The van der Waals surface area contributed by atoms with E-state index in [-0.39, 0.29) is 16.6 Å². The summed E-state index contributed by atoms with van der Waals surface area (Å²) in [4.78, 5) is 1.03. The van der Waals surface area contributed by atoms with Crippen molar-refractivity contribution in [1.29, 1.82) is 0 Å². The number of thioether (sulfide) groups is 1. The van der Waals surface area contributed by atoms with Crippen molar-refractivity contribution in [2.24, 2.45) is 23.0 Å². The smallest absolute Gasteiger partial charge is 0.330 e. The molecule has 1 aliphatic heterocycles. The molecular formula is C26H34F3NS. The zero-order valence-corrected chi connectivity index (χ0v) is 19.2. The number of allylic oxidation sites excluding steroid dienone is 3. The molecule has 0 radical (unpaired) electrons. The Bertz CT molecular complexity index is 822. The minimum Gasteiger partial charge on any atom is -0.330 e. The maximum atomic E-state index is 13.5. The fraction of sp³-hybridized carbons (Fsp3) is 0.615. The van der Waals surface area contributed by atoms with E-state index in [2.05, 4.69) is 31.2 Å². The van der Waals surface area contributed by atoms with Crippen LogP contribution >= 0.6 is 11.8 Å². The lowest BCUT2D eigenvalue weighted by Gasteiger charge is -2.35. The number of rotatable bonds is 5. The van der Waals surface area contributed by atoms with Crippen LogP contribution in [0.5, 0.6) is 0 Å². The molecule has 0 bridgehead atoms. The van der Waals surface area contributed by atoms with E-state index in [0.29, 0.717) is 5.92 Å². The van der Waals surface area contributed by atoms with Gasteiger partial charge in [-0.3, -0.25) is 0 Å². The van der Waals surface area contributed by atoms with E-state index in [1.807, 2.05) is 0 Å². The highest BCUT2D eigenvalue weighted by Crippen LogP contribution is 2.53. The Morgan fingerprint density at radius 3 is 2.42 bits per heavy atom. The van der Waals surface area contributed by atoms with Crippen LogP contribution < -0.4 is 5.73 Å². The van der Waals surface area contributed by atoms with Gasteiger partial charge >= 0.3 is 6.18 Å². The van der Waals surface area contributed by atoms with Crippen molar-refractivity contribution >= 4 is 11.8 Å². The van der Waals surface area contributed by atoms with E-state index in [1.165, 1.54) is 37.8 Å². The summed E-state index contributed by atoms with van der Waals surface area (Å²) in [5.41, 5.74) is 6.10. The van der Waals surface area contributed by atoms with Crippen molar-refractivity contribution in [3.05, 3.63) is 53.6 Å². The molecule has 2 aliphatic carbocycles. The molecule has 3 aliphatic rings. The van der Waals surface area contributed by atoms with Crippen molar-refractivity contribution < 1.29 is 13.2 Å². The summed E-state index contributed by atoms with van der Waals surface area (Å²) in [5.74, 6) is 1.63. The summed E-state index contributed by atoms with van der Waals surface area (Å²) >= 11 is 1.73. The number of fused-ring (bicyclic) bond motifs is 2. The van der Waals surface area contributed by atoms with Gasteiger partial charge in [-0.25, -0.2) is 0 Å². The van der Waals surface area contributed by atoms with Crippen molar-refractivity contribution in [1.82, 2.24) is 0 Å². The first kappa shape index (κ1) is 23.0. The summed E-state index contributed by atoms with van der Waals surface area (Å²) < 4.78 is 40.5. The van der Waals surface area contributed by atoms with E-state index < -0.39 is 11.7 Å². The lowest BCUT2D eigenvalue weighted by molar-refractivity contribution is -0.137. The van der Waals surface area contributed by atoms with Gasteiger partial charge < -0.3 is 5.73 Å². The Morgan fingerprint density at radius 2 is 1.74 bits per heavy atom. The molecule has 3 unspecified atom stereocenters. The zero-order valence-electron chi connectivity index (χ0n) is 18.3. The predicted octanol–water partition coefficient (Wildman–Crippen LogP) is 7.72. The van der Waals surface area contributed by atoms with E-state index >= 15 is 0 Å². The van der Waals surface area contributed by atoms with Gasteiger partial charge in [0.15, 0.2) is 0 Å². The molecule has 5 heteroatoms. The molecule has 2 N–H and O–H groups in total. The minimum atomic E-state index is -4.30. The number of alkyl halides is 3. The monoisotopic (exact) mass is 449 g/mol. The molecule has 1 aromatic carbocycles. The van der Waals surface area contributed by atoms with Gasteiger partial charge in [-0.05, 0) is 73.7 Å². The van der Waals surface area contributed by atoms with E-state index in [9.17, 15) is 13.2 Å². The molecule has 0 aromatic heterocycles. The molecule has 170 valence electrons. The maximum Gasteiger partial charge on any atom is 0.416 e. The predicted molar refractivity (Wildman–Crippen MR) is 123 cm³/mol. The number of hydrogen-bond donors (Lipinski definition) is 1. The molecule has 1 saturated carbocycles. The van der Waals surface area contributed by atoms with Crippen LogP contribution in [0.25, 0.3) is 0 Å². The Labute approximate surface area is 188 Å². The van der Waals surface area contributed by atoms with Crippen LogP contribution in [0.2, 0.25) is 0 Å². The fourth-order valence-electron chi connectivity index (χ4n) is 5.78. The third kappa shape index (κ3) is 5.24. The normalized spacial score (nSPS) is 32.9. The zero-order chi connectivity index (χ0) is 22.1. The first-order valence-corrected chi connectivity index (χ1v) is 12.6. The minimum absolute atomic E-state index is 0.0275. The van der Waals surface area contributed by atoms with Gasteiger partial charge in [0.05, 0.1) is 5.56 Å². The van der Waals surface area contributed by atoms with Crippen LogP contribution in [0.15, 0.2) is 47.4 Å². The second-order valence-corrected chi connectivity index (χ2v) is 11.2.